The summed E-state index contributed by atoms with van der Waals surface area (Å²) in [6.45, 7) is 2.05. The number of hydrogen-bond donors (Lipinski definition) is 0. The van der Waals surface area contributed by atoms with Crippen LogP contribution in [0, 0.1) is 0 Å². The van der Waals surface area contributed by atoms with Crippen molar-refractivity contribution in [3.8, 4) is 5.75 Å². The van der Waals surface area contributed by atoms with E-state index in [0.717, 1.165) is 17.7 Å². The second-order valence-electron chi connectivity index (χ2n) is 4.91. The number of benzene rings is 1. The number of anilines is 1. The van der Waals surface area contributed by atoms with Gasteiger partial charge in [-0.1, -0.05) is 18.5 Å². The predicted octanol–water partition coefficient (Wildman–Crippen LogP) is 3.86. The number of halogens is 1. The smallest absolute Gasteiger partial charge is 0.259 e. The van der Waals surface area contributed by atoms with Crippen molar-refractivity contribution in [1.82, 2.24) is 4.98 Å². The highest BCUT2D eigenvalue weighted by atomic mass is 35.5. The molecule has 4 nitrogen and oxygen atoms in total. The van der Waals surface area contributed by atoms with Gasteiger partial charge >= 0.3 is 0 Å². The molecule has 1 unspecified atom stereocenters. The monoisotopic (exact) mass is 302 g/mol. The molecule has 1 aliphatic rings. The van der Waals surface area contributed by atoms with Crippen molar-refractivity contribution in [2.45, 2.75) is 19.4 Å². The molecule has 1 atom stereocenters. The predicted molar refractivity (Wildman–Crippen MR) is 82.1 cm³/mol. The van der Waals surface area contributed by atoms with Crippen LogP contribution in [-0.2, 0) is 0 Å². The standard InChI is InChI=1S/C16H15ClN2O2/c1-3-15-14-6-10(17)4-5-13(14)16(20)19(15)11-7-12(21-2)9-18-8-11/h4-9,15H,3H2,1-2H3. The van der Waals surface area contributed by atoms with Gasteiger partial charge in [-0.2, -0.15) is 0 Å². The molecule has 0 N–H and O–H groups in total. The Morgan fingerprint density at radius 3 is 2.86 bits per heavy atom. The topological polar surface area (TPSA) is 42.4 Å². The molecular formula is C16H15ClN2O2. The highest BCUT2D eigenvalue weighted by molar-refractivity contribution is 6.31. The number of rotatable bonds is 3. The summed E-state index contributed by atoms with van der Waals surface area (Å²) >= 11 is 6.07. The fraction of sp³-hybridized carbons (Fsp3) is 0.250. The largest absolute Gasteiger partial charge is 0.495 e. The van der Waals surface area contributed by atoms with Gasteiger partial charge in [0.15, 0.2) is 0 Å². The minimum atomic E-state index is -0.0277. The third-order valence-electron chi connectivity index (χ3n) is 3.73. The molecule has 0 fully saturated rings. The van der Waals surface area contributed by atoms with Gasteiger partial charge in [-0.25, -0.2) is 0 Å². The van der Waals surface area contributed by atoms with Gasteiger partial charge in [0.25, 0.3) is 5.91 Å². The van der Waals surface area contributed by atoms with Crippen molar-refractivity contribution < 1.29 is 9.53 Å². The van der Waals surface area contributed by atoms with E-state index in [4.69, 9.17) is 16.3 Å². The lowest BCUT2D eigenvalue weighted by Gasteiger charge is -2.24. The molecule has 1 aromatic carbocycles. The summed E-state index contributed by atoms with van der Waals surface area (Å²) in [6, 6.07) is 7.20. The molecule has 0 aliphatic carbocycles. The first-order chi connectivity index (χ1) is 10.2. The molecular weight excluding hydrogens is 288 g/mol. The molecule has 1 aliphatic heterocycles. The van der Waals surface area contributed by atoms with Gasteiger partial charge in [0.05, 0.1) is 31.2 Å². The molecule has 0 spiro atoms. The Morgan fingerprint density at radius 2 is 2.14 bits per heavy atom. The van der Waals surface area contributed by atoms with Crippen LogP contribution < -0.4 is 9.64 Å². The van der Waals surface area contributed by atoms with Crippen molar-refractivity contribution in [2.75, 3.05) is 12.0 Å². The molecule has 1 amide bonds. The number of hydrogen-bond acceptors (Lipinski definition) is 3. The third kappa shape index (κ3) is 2.25. The van der Waals surface area contributed by atoms with Crippen LogP contribution in [0.4, 0.5) is 5.69 Å². The lowest BCUT2D eigenvalue weighted by molar-refractivity contribution is 0.0990. The maximum atomic E-state index is 12.7. The first-order valence-corrected chi connectivity index (χ1v) is 7.15. The molecule has 3 rings (SSSR count). The number of carbonyl (C=O) groups excluding carboxylic acids is 1. The van der Waals surface area contributed by atoms with Crippen LogP contribution in [0.25, 0.3) is 0 Å². The summed E-state index contributed by atoms with van der Waals surface area (Å²) in [6.07, 6.45) is 4.10. The Labute approximate surface area is 128 Å². The Kier molecular flexibility index (Phi) is 3.55. The zero-order valence-corrected chi connectivity index (χ0v) is 12.6. The fourth-order valence-corrected chi connectivity index (χ4v) is 2.95. The van der Waals surface area contributed by atoms with Gasteiger partial charge in [-0.05, 0) is 30.2 Å². The molecule has 2 heterocycles. The normalized spacial score (nSPS) is 17.0. The zero-order chi connectivity index (χ0) is 15.0. The molecule has 0 saturated heterocycles. The minimum Gasteiger partial charge on any atom is -0.495 e. The summed E-state index contributed by atoms with van der Waals surface area (Å²) < 4.78 is 5.19. The summed E-state index contributed by atoms with van der Waals surface area (Å²) in [5.41, 5.74) is 2.41. The molecule has 2 aromatic rings. The maximum Gasteiger partial charge on any atom is 0.259 e. The van der Waals surface area contributed by atoms with E-state index in [1.54, 1.807) is 36.5 Å². The number of nitrogens with zero attached hydrogens (tertiary/aromatic N) is 2. The van der Waals surface area contributed by atoms with Crippen LogP contribution in [-0.4, -0.2) is 18.0 Å². The van der Waals surface area contributed by atoms with Crippen molar-refractivity contribution in [3.05, 3.63) is 52.8 Å². The maximum absolute atomic E-state index is 12.7. The van der Waals surface area contributed by atoms with Gasteiger partial charge in [-0.3, -0.25) is 14.7 Å². The van der Waals surface area contributed by atoms with E-state index >= 15 is 0 Å². The number of pyridine rings is 1. The molecule has 1 aromatic heterocycles. The highest BCUT2D eigenvalue weighted by Gasteiger charge is 2.36. The van der Waals surface area contributed by atoms with E-state index in [9.17, 15) is 4.79 Å². The van der Waals surface area contributed by atoms with Crippen molar-refractivity contribution in [1.29, 1.82) is 0 Å². The Bertz CT molecular complexity index is 702. The van der Waals surface area contributed by atoms with E-state index in [-0.39, 0.29) is 11.9 Å². The first-order valence-electron chi connectivity index (χ1n) is 6.77. The summed E-state index contributed by atoms with van der Waals surface area (Å²) in [5.74, 6) is 0.604. The van der Waals surface area contributed by atoms with E-state index in [0.29, 0.717) is 16.3 Å². The zero-order valence-electron chi connectivity index (χ0n) is 11.8. The lowest BCUT2D eigenvalue weighted by Crippen LogP contribution is -2.27. The lowest BCUT2D eigenvalue weighted by atomic mass is 10.0. The van der Waals surface area contributed by atoms with Crippen LogP contribution in [0.1, 0.15) is 35.3 Å². The van der Waals surface area contributed by atoms with Crippen LogP contribution in [0.5, 0.6) is 5.75 Å². The van der Waals surface area contributed by atoms with E-state index < -0.39 is 0 Å². The summed E-state index contributed by atoms with van der Waals surface area (Å²) in [4.78, 5) is 18.6. The third-order valence-corrected chi connectivity index (χ3v) is 3.97. The molecule has 108 valence electrons. The van der Waals surface area contributed by atoms with Crippen molar-refractivity contribution >= 4 is 23.2 Å². The van der Waals surface area contributed by atoms with Crippen molar-refractivity contribution in [2.24, 2.45) is 0 Å². The van der Waals surface area contributed by atoms with Crippen LogP contribution in [0.2, 0.25) is 5.02 Å². The number of amides is 1. The van der Waals surface area contributed by atoms with E-state index in [1.165, 1.54) is 0 Å². The Hall–Kier alpha value is -2.07. The fourth-order valence-electron chi connectivity index (χ4n) is 2.76. The average Bonchev–Trinajstić information content (AvgIpc) is 2.79. The van der Waals surface area contributed by atoms with Crippen molar-refractivity contribution in [3.63, 3.8) is 0 Å². The van der Waals surface area contributed by atoms with Crippen LogP contribution in [0.15, 0.2) is 36.7 Å². The van der Waals surface area contributed by atoms with Gasteiger partial charge in [-0.15, -0.1) is 0 Å². The number of methoxy groups -OCH3 is 1. The first kappa shape index (κ1) is 13.9. The van der Waals surface area contributed by atoms with Gasteiger partial charge in [0.2, 0.25) is 0 Å². The molecule has 5 heteroatoms. The second kappa shape index (κ2) is 5.37. The van der Waals surface area contributed by atoms with E-state index in [1.807, 2.05) is 12.1 Å². The van der Waals surface area contributed by atoms with Crippen LogP contribution >= 0.6 is 11.6 Å². The SMILES string of the molecule is CCC1c2cc(Cl)ccc2C(=O)N1c1cncc(OC)c1. The van der Waals surface area contributed by atoms with Gasteiger partial charge < -0.3 is 4.74 Å². The average molecular weight is 303 g/mol. The van der Waals surface area contributed by atoms with Gasteiger partial charge in [0, 0.05) is 16.7 Å². The summed E-state index contributed by atoms with van der Waals surface area (Å²) in [5, 5.41) is 0.644. The Balaban J connectivity index is 2.09. The number of fused-ring (bicyclic) bond motifs is 1. The second-order valence-corrected chi connectivity index (χ2v) is 5.35. The summed E-state index contributed by atoms with van der Waals surface area (Å²) in [7, 11) is 1.58. The highest BCUT2D eigenvalue weighted by Crippen LogP contribution is 2.40. The minimum absolute atomic E-state index is 0.0245. The quantitative estimate of drug-likeness (QED) is 0.864. The molecule has 0 bridgehead atoms. The molecule has 21 heavy (non-hydrogen) atoms. The number of carbonyl (C=O) groups is 1. The number of ether oxygens (including phenoxy) is 1. The molecule has 0 radical (unpaired) electrons. The van der Waals surface area contributed by atoms with E-state index in [2.05, 4.69) is 11.9 Å². The van der Waals surface area contributed by atoms with Gasteiger partial charge in [0.1, 0.15) is 5.75 Å². The Morgan fingerprint density at radius 1 is 1.33 bits per heavy atom. The van der Waals surface area contributed by atoms with Crippen LogP contribution in [0.3, 0.4) is 0 Å². The number of aromatic nitrogens is 1. The molecule has 0 saturated carbocycles.